The van der Waals surface area contributed by atoms with E-state index < -0.39 is 152 Å². The summed E-state index contributed by atoms with van der Waals surface area (Å²) < 4.78 is 17.0. The Kier molecular flexibility index (Phi) is 25.1. The minimum absolute atomic E-state index is 0.00565. The van der Waals surface area contributed by atoms with Crippen molar-refractivity contribution >= 4 is 58.4 Å². The van der Waals surface area contributed by atoms with Gasteiger partial charge >= 0.3 is 0 Å². The number of hydrogen-bond donors (Lipinski definition) is 14. The van der Waals surface area contributed by atoms with Crippen molar-refractivity contribution in [3.05, 3.63) is 77.9 Å². The van der Waals surface area contributed by atoms with Gasteiger partial charge in [0.15, 0.2) is 11.5 Å². The summed E-state index contributed by atoms with van der Waals surface area (Å²) in [5, 5.41) is 101. The first kappa shape index (κ1) is 70.4. The summed E-state index contributed by atoms with van der Waals surface area (Å²) in [5.41, 5.74) is 14.2. The molecule has 4 aliphatic rings. The van der Waals surface area contributed by atoms with Crippen molar-refractivity contribution in [2.75, 3.05) is 77.1 Å². The molecule has 1 unspecified atom stereocenters. The first-order chi connectivity index (χ1) is 44.1. The molecule has 8 rings (SSSR count). The number of ether oxygens (including phenoxy) is 3. The second-order valence-corrected chi connectivity index (χ2v) is 24.6. The third-order valence-corrected chi connectivity index (χ3v) is 17.8. The average molecular weight is 1300 g/mol. The molecule has 0 saturated carbocycles. The van der Waals surface area contributed by atoms with E-state index in [4.69, 9.17) is 25.7 Å². The van der Waals surface area contributed by atoms with Crippen molar-refractivity contribution in [2.24, 2.45) is 17.4 Å². The van der Waals surface area contributed by atoms with Gasteiger partial charge in [-0.1, -0.05) is 36.5 Å². The summed E-state index contributed by atoms with van der Waals surface area (Å²) in [5.74, 6) is -8.65. The maximum absolute atomic E-state index is 14.7. The largest absolute Gasteiger partial charge is 0.504 e. The topological polar surface area (TPSA) is 436 Å². The number of aliphatic hydroxyl groups is 6. The summed E-state index contributed by atoms with van der Waals surface area (Å²) in [4.78, 5) is 106. The number of phenolic OH excluding ortho intramolecular Hbond substituents is 1. The van der Waals surface area contributed by atoms with Crippen LogP contribution in [-0.4, -0.2) is 248 Å². The van der Waals surface area contributed by atoms with E-state index in [0.717, 1.165) is 60.3 Å². The lowest BCUT2D eigenvalue weighted by atomic mass is 9.98. The van der Waals surface area contributed by atoms with E-state index in [1.165, 1.54) is 48.6 Å². The highest BCUT2D eigenvalue weighted by atomic mass is 32.1. The van der Waals surface area contributed by atoms with Crippen molar-refractivity contribution in [1.29, 1.82) is 0 Å². The lowest BCUT2D eigenvalue weighted by molar-refractivity contribution is -0.147. The van der Waals surface area contributed by atoms with Gasteiger partial charge in [0.2, 0.25) is 35.4 Å². The fraction of sp³-hybridized carbons (Fsp3) is 0.565. The van der Waals surface area contributed by atoms with E-state index in [1.807, 2.05) is 19.1 Å². The number of nitrogens with two attached hydrogens (primary N) is 2. The Morgan fingerprint density at radius 1 is 0.750 bits per heavy atom. The number of benzene rings is 3. The number of nitrogens with zero attached hydrogens (tertiary/aromatic N) is 5. The van der Waals surface area contributed by atoms with Crippen LogP contribution in [0.4, 0.5) is 5.69 Å². The first-order valence-electron chi connectivity index (χ1n) is 31.1. The van der Waals surface area contributed by atoms with Crippen LogP contribution in [0.3, 0.4) is 0 Å². The normalized spacial score (nSPS) is 26.0. The maximum Gasteiger partial charge on any atom is 0.251 e. The van der Waals surface area contributed by atoms with Crippen molar-refractivity contribution in [3.8, 4) is 32.6 Å². The molecule has 92 heavy (non-hydrogen) atoms. The molecule has 13 atom stereocenters. The Morgan fingerprint density at radius 3 is 2.05 bits per heavy atom. The third kappa shape index (κ3) is 17.8. The lowest BCUT2D eigenvalue weighted by Crippen LogP contribution is -2.64. The van der Waals surface area contributed by atoms with Gasteiger partial charge in [-0.2, -0.15) is 0 Å². The molecular formula is C62H86N12O17S. The predicted octanol–water partition coefficient (Wildman–Crippen LogP) is -2.38. The molecule has 0 aliphatic carbocycles. The van der Waals surface area contributed by atoms with Gasteiger partial charge in [-0.25, -0.2) is 0 Å². The number of nitrogens with one attached hydrogen (secondary N) is 5. The Labute approximate surface area is 536 Å². The van der Waals surface area contributed by atoms with Crippen LogP contribution in [0.5, 0.6) is 11.5 Å². The standard InChI is InChI=1S/C62H86N12O17S/c1-4-89-23-5-24-90-42-17-21-72(22-18-42)39-13-11-38(12-14-39)60-71-70-59(92-60)37-9-7-36(8-10-37)54(82)66-43-28-40(76)30-65-58(86)52-53(81)33(2)31-74(52)62(88)51(46(79)16-19-63)69-57(85)50(47(80)26-35-6-15-45(78)48(27-35)91-25-20-64)68-56(84)44-29-41(77)32-73(44)61(87)49(34(3)75)67-55(43)83/h6-15,27,33-34,40-44,46-47,49-53,75-81H,4-5,16-26,28-32,63-64H2,1-3H3,(H,65,86)(H,66,82)(H,67,83)(H,68,84)(H,69,85)/t33-,34+,40+,41+,43?,44-,46+,47+,49-,50-,51-,52-,53-/m0/s1. The summed E-state index contributed by atoms with van der Waals surface area (Å²) in [6.45, 7) is 6.83. The number of hydrogen-bond acceptors (Lipinski definition) is 23. The van der Waals surface area contributed by atoms with Crippen LogP contribution >= 0.6 is 11.3 Å². The van der Waals surface area contributed by atoms with Crippen LogP contribution in [-0.2, 0) is 44.7 Å². The number of aliphatic hydroxyl groups excluding tert-OH is 6. The van der Waals surface area contributed by atoms with Gasteiger partial charge in [-0.3, -0.25) is 33.6 Å². The van der Waals surface area contributed by atoms with Gasteiger partial charge in [0.1, 0.15) is 52.9 Å². The van der Waals surface area contributed by atoms with Gasteiger partial charge in [0.05, 0.1) is 42.7 Å². The molecule has 4 aromatic rings. The number of fused-ring (bicyclic) bond motifs is 2. The van der Waals surface area contributed by atoms with Crippen molar-refractivity contribution < 1.29 is 83.5 Å². The van der Waals surface area contributed by atoms with E-state index >= 15 is 0 Å². The van der Waals surface area contributed by atoms with Crippen LogP contribution in [0, 0.1) is 5.92 Å². The Bertz CT molecular complexity index is 3160. The second kappa shape index (κ2) is 32.9. The van der Waals surface area contributed by atoms with Crippen molar-refractivity contribution in [3.63, 3.8) is 0 Å². The van der Waals surface area contributed by atoms with E-state index in [9.17, 15) is 69.3 Å². The highest BCUT2D eigenvalue weighted by Crippen LogP contribution is 2.33. The fourth-order valence-corrected chi connectivity index (χ4v) is 12.6. The zero-order valence-corrected chi connectivity index (χ0v) is 52.5. The summed E-state index contributed by atoms with van der Waals surface area (Å²) in [6.07, 6.45) is -8.93. The Hall–Kier alpha value is -7.49. The van der Waals surface area contributed by atoms with Crippen LogP contribution in [0.15, 0.2) is 66.7 Å². The first-order valence-corrected chi connectivity index (χ1v) is 31.9. The monoisotopic (exact) mass is 1300 g/mol. The number of aromatic hydroxyl groups is 1. The molecule has 7 amide bonds. The molecule has 4 aliphatic heterocycles. The van der Waals surface area contributed by atoms with Crippen LogP contribution in [0.1, 0.15) is 75.2 Å². The highest BCUT2D eigenvalue weighted by Gasteiger charge is 2.50. The number of piperidine rings is 1. The predicted molar refractivity (Wildman–Crippen MR) is 334 cm³/mol. The third-order valence-electron chi connectivity index (χ3n) is 16.8. The zero-order chi connectivity index (χ0) is 66.3. The second-order valence-electron chi connectivity index (χ2n) is 23.7. The molecule has 502 valence electrons. The molecule has 0 bridgehead atoms. The van der Waals surface area contributed by atoms with Crippen LogP contribution in [0.2, 0.25) is 0 Å². The minimum Gasteiger partial charge on any atom is -0.504 e. The number of aromatic nitrogens is 2. The molecule has 30 heteroatoms. The molecule has 0 spiro atoms. The maximum atomic E-state index is 14.7. The molecule has 4 saturated heterocycles. The molecule has 1 aromatic heterocycles. The molecule has 16 N–H and O–H groups in total. The van der Waals surface area contributed by atoms with Crippen LogP contribution in [0.25, 0.3) is 21.1 Å². The number of anilines is 1. The van der Waals surface area contributed by atoms with Gasteiger partial charge in [-0.05, 0) is 100 Å². The molecule has 29 nitrogen and oxygen atoms in total. The van der Waals surface area contributed by atoms with Crippen molar-refractivity contribution in [1.82, 2.24) is 46.6 Å². The molecule has 3 aromatic carbocycles. The minimum atomic E-state index is -2.04. The van der Waals surface area contributed by atoms with Gasteiger partial charge in [-0.15, -0.1) is 10.2 Å². The number of amides is 7. The number of rotatable bonds is 21. The van der Waals surface area contributed by atoms with Gasteiger partial charge in [0, 0.05) is 107 Å². The number of carbonyl (C=O) groups excluding carboxylic acids is 7. The van der Waals surface area contributed by atoms with E-state index in [2.05, 4.69) is 53.8 Å². The highest BCUT2D eigenvalue weighted by molar-refractivity contribution is 7.17. The van der Waals surface area contributed by atoms with Crippen LogP contribution < -0.4 is 47.7 Å². The smallest absolute Gasteiger partial charge is 0.251 e. The molecule has 5 heterocycles. The summed E-state index contributed by atoms with van der Waals surface area (Å²) in [7, 11) is 0. The number of carbonyl (C=O) groups is 7. The fourth-order valence-electron chi connectivity index (χ4n) is 11.7. The number of phenols is 1. The van der Waals surface area contributed by atoms with Gasteiger partial charge < -0.3 is 103 Å². The molecule has 0 radical (unpaired) electrons. The molecular weight excluding hydrogens is 1220 g/mol. The number of β-amino-alcohol motifs (C(OH)–C–C–N with tert-alkyl or cyclic N) is 1. The Morgan fingerprint density at radius 2 is 1.40 bits per heavy atom. The SMILES string of the molecule is CCOCCCOC1CCN(c2ccc(-c3nnc(-c4ccc(C(=O)NC5C[C@@H](O)CNC(=O)[C@@H]6[C@@H](O)[C@@H](C)CN6C(=O)[C@H]([C@H](O)CCN)NC(=O)[C@H]([C@H](O)Cc6ccc(O)c(OCCN)c6)NC(=O)[C@@H]6C[C@@H](O)CN6C(=O)[C@H]([C@@H](C)O)NC5=O)cc4)s3)cc2)CC1. The average Bonchev–Trinajstić information content (AvgIpc) is 1.63. The Balaban J connectivity index is 1.03. The van der Waals surface area contributed by atoms with E-state index in [-0.39, 0.29) is 61.4 Å². The zero-order valence-electron chi connectivity index (χ0n) is 51.7. The lowest BCUT2D eigenvalue weighted by Gasteiger charge is -2.34. The quantitative estimate of drug-likeness (QED) is 0.0388. The van der Waals surface area contributed by atoms with Crippen molar-refractivity contribution in [2.45, 2.75) is 145 Å². The molecule has 4 fully saturated rings. The van der Waals surface area contributed by atoms with Gasteiger partial charge in [0.25, 0.3) is 5.91 Å². The van der Waals surface area contributed by atoms with E-state index in [0.29, 0.717) is 35.4 Å². The summed E-state index contributed by atoms with van der Waals surface area (Å²) in [6, 6.07) is 7.31. The van der Waals surface area contributed by atoms with E-state index in [1.54, 1.807) is 12.1 Å². The summed E-state index contributed by atoms with van der Waals surface area (Å²) >= 11 is 1.33.